The van der Waals surface area contributed by atoms with Crippen LogP contribution in [-0.4, -0.2) is 82.3 Å². The summed E-state index contributed by atoms with van der Waals surface area (Å²) >= 11 is 0. The van der Waals surface area contributed by atoms with E-state index in [2.05, 4.69) is 68.5 Å². The van der Waals surface area contributed by atoms with Gasteiger partial charge in [-0.2, -0.15) is 0 Å². The minimum atomic E-state index is -1.65. The van der Waals surface area contributed by atoms with Crippen molar-refractivity contribution in [1.29, 1.82) is 0 Å². The first kappa shape index (κ1) is 53.7. The van der Waals surface area contributed by atoms with Gasteiger partial charge in [0.1, 0.15) is 13.2 Å². The van der Waals surface area contributed by atoms with Gasteiger partial charge in [-0.25, -0.2) is 0 Å². The Balaban J connectivity index is 4.58. The van der Waals surface area contributed by atoms with Gasteiger partial charge in [0.2, 0.25) is 0 Å². The Morgan fingerprint density at radius 2 is 1.05 bits per heavy atom. The molecule has 0 N–H and O–H groups in total. The molecular formula is C48H81NO8. The smallest absolute Gasteiger partial charge is 0.310 e. The largest absolute Gasteiger partial charge is 0.545 e. The molecule has 0 aromatic heterocycles. The Kier molecular flexibility index (Phi) is 37.3. The van der Waals surface area contributed by atoms with Crippen molar-refractivity contribution in [2.45, 2.75) is 167 Å². The Labute approximate surface area is 347 Å². The van der Waals surface area contributed by atoms with Gasteiger partial charge >= 0.3 is 11.9 Å². The van der Waals surface area contributed by atoms with Crippen molar-refractivity contribution < 1.29 is 42.9 Å². The highest BCUT2D eigenvalue weighted by atomic mass is 16.7. The van der Waals surface area contributed by atoms with Crippen molar-refractivity contribution in [1.82, 2.24) is 0 Å². The highest BCUT2D eigenvalue weighted by molar-refractivity contribution is 5.71. The number of nitrogens with zero attached hydrogens (tertiary/aromatic N) is 1. The zero-order chi connectivity index (χ0) is 42.1. The summed E-state index contributed by atoms with van der Waals surface area (Å²) in [5, 5.41) is 11.7. The third-order valence-electron chi connectivity index (χ3n) is 8.97. The summed E-state index contributed by atoms with van der Waals surface area (Å²) < 4.78 is 22.4. The van der Waals surface area contributed by atoms with Crippen LogP contribution in [0.25, 0.3) is 0 Å². The summed E-state index contributed by atoms with van der Waals surface area (Å²) in [5.41, 5.74) is 0. The van der Waals surface area contributed by atoms with Gasteiger partial charge in [0.05, 0.1) is 46.7 Å². The van der Waals surface area contributed by atoms with Crippen LogP contribution in [0, 0.1) is 0 Å². The van der Waals surface area contributed by atoms with Gasteiger partial charge in [0.25, 0.3) is 0 Å². The minimum Gasteiger partial charge on any atom is -0.545 e. The van der Waals surface area contributed by atoms with Crippen molar-refractivity contribution in [2.75, 3.05) is 47.5 Å². The van der Waals surface area contributed by atoms with Gasteiger partial charge in [0.15, 0.2) is 12.4 Å². The zero-order valence-corrected chi connectivity index (χ0v) is 36.7. The number of ether oxygens (including phenoxy) is 4. The first-order valence-electron chi connectivity index (χ1n) is 22.1. The van der Waals surface area contributed by atoms with Crippen LogP contribution in [0.4, 0.5) is 0 Å². The van der Waals surface area contributed by atoms with Crippen molar-refractivity contribution in [2.24, 2.45) is 0 Å². The average molecular weight is 800 g/mol. The van der Waals surface area contributed by atoms with Crippen LogP contribution in [0.2, 0.25) is 0 Å². The maximum atomic E-state index is 12.7. The molecule has 0 aromatic rings. The molecule has 0 aromatic carbocycles. The van der Waals surface area contributed by atoms with E-state index < -0.39 is 30.3 Å². The Bertz CT molecular complexity index is 1160. The molecule has 0 saturated heterocycles. The van der Waals surface area contributed by atoms with Gasteiger partial charge in [0, 0.05) is 6.42 Å². The van der Waals surface area contributed by atoms with E-state index in [-0.39, 0.29) is 32.7 Å². The van der Waals surface area contributed by atoms with E-state index in [0.29, 0.717) is 17.4 Å². The van der Waals surface area contributed by atoms with Crippen LogP contribution in [0.5, 0.6) is 0 Å². The fourth-order valence-corrected chi connectivity index (χ4v) is 5.54. The number of esters is 2. The second kappa shape index (κ2) is 39.6. The summed E-state index contributed by atoms with van der Waals surface area (Å²) in [6, 6.07) is 0. The van der Waals surface area contributed by atoms with Crippen molar-refractivity contribution in [3.8, 4) is 0 Å². The van der Waals surface area contributed by atoms with Gasteiger partial charge in [-0.05, 0) is 64.2 Å². The average Bonchev–Trinajstić information content (AvgIpc) is 3.17. The monoisotopic (exact) mass is 800 g/mol. The molecule has 9 heteroatoms. The second-order valence-corrected chi connectivity index (χ2v) is 15.6. The van der Waals surface area contributed by atoms with E-state index in [1.165, 1.54) is 64.2 Å². The van der Waals surface area contributed by atoms with E-state index in [1.54, 1.807) is 6.08 Å². The molecule has 57 heavy (non-hydrogen) atoms. The molecule has 9 nitrogen and oxygen atoms in total. The number of unbranched alkanes of at least 4 members (excludes halogenated alkanes) is 13. The van der Waals surface area contributed by atoms with E-state index in [1.807, 2.05) is 33.3 Å². The standard InChI is InChI=1S/C48H81NO8/c1-6-8-10-12-14-16-18-20-22-23-25-26-28-30-32-34-36-38-45(50)55-42-44(43-56-48(47(52)53)54-41-40-49(3,4)5)57-46(51)39-37-35-33-31-29-27-24-21-19-17-15-13-11-9-7-2/h9,11,15,17,20-22,24,29,31,35,37,44,48H,6-8,10,12-14,16,18-19,23,25-28,30,32-34,36,38-43H2,1-5H3/b11-9-,17-15-,22-20-,24-21-,31-29-,37-35-. The number of carboxylic acids is 1. The molecule has 0 fully saturated rings. The molecular weight excluding hydrogens is 719 g/mol. The van der Waals surface area contributed by atoms with Crippen molar-refractivity contribution in [3.63, 3.8) is 0 Å². The lowest BCUT2D eigenvalue weighted by molar-refractivity contribution is -0.870. The van der Waals surface area contributed by atoms with Gasteiger partial charge in [-0.15, -0.1) is 0 Å². The Morgan fingerprint density at radius 1 is 0.561 bits per heavy atom. The lowest BCUT2D eigenvalue weighted by Gasteiger charge is -2.26. The molecule has 0 rings (SSSR count). The number of rotatable bonds is 39. The van der Waals surface area contributed by atoms with Crippen molar-refractivity contribution >= 4 is 17.9 Å². The molecule has 2 unspecified atom stereocenters. The predicted octanol–water partition coefficient (Wildman–Crippen LogP) is 10.2. The van der Waals surface area contributed by atoms with Gasteiger partial charge in [-0.1, -0.05) is 151 Å². The molecule has 0 amide bonds. The molecule has 0 aliphatic carbocycles. The molecule has 0 heterocycles. The number of quaternary nitrogens is 1. The number of carbonyl (C=O) groups excluding carboxylic acids is 3. The fourth-order valence-electron chi connectivity index (χ4n) is 5.54. The number of allylic oxidation sites excluding steroid dienone is 11. The summed E-state index contributed by atoms with van der Waals surface area (Å²) in [7, 11) is 5.87. The number of carboxylic acid groups (broad SMARTS) is 1. The summed E-state index contributed by atoms with van der Waals surface area (Å²) in [6.45, 7) is 4.48. The quantitative estimate of drug-likeness (QED) is 0.0199. The van der Waals surface area contributed by atoms with E-state index in [4.69, 9.17) is 18.9 Å². The topological polar surface area (TPSA) is 111 Å². The second-order valence-electron chi connectivity index (χ2n) is 15.6. The molecule has 326 valence electrons. The van der Waals surface area contributed by atoms with E-state index >= 15 is 0 Å². The maximum absolute atomic E-state index is 12.7. The number of hydrogen-bond donors (Lipinski definition) is 0. The first-order valence-corrected chi connectivity index (χ1v) is 22.1. The molecule has 0 bridgehead atoms. The van der Waals surface area contributed by atoms with Gasteiger partial charge < -0.3 is 33.3 Å². The molecule has 0 aliphatic rings. The lowest BCUT2D eigenvalue weighted by atomic mass is 10.1. The van der Waals surface area contributed by atoms with Crippen molar-refractivity contribution in [3.05, 3.63) is 72.9 Å². The normalized spacial score (nSPS) is 13.6. The van der Waals surface area contributed by atoms with Crippen LogP contribution in [0.15, 0.2) is 72.9 Å². The van der Waals surface area contributed by atoms with E-state index in [0.717, 1.165) is 57.8 Å². The van der Waals surface area contributed by atoms with Crippen LogP contribution in [0.3, 0.4) is 0 Å². The minimum absolute atomic E-state index is 0.0117. The number of hydrogen-bond acceptors (Lipinski definition) is 8. The third-order valence-corrected chi connectivity index (χ3v) is 8.97. The summed E-state index contributed by atoms with van der Waals surface area (Å²) in [5.74, 6) is -2.47. The van der Waals surface area contributed by atoms with Crippen LogP contribution >= 0.6 is 0 Å². The third kappa shape index (κ3) is 40.7. The molecule has 0 radical (unpaired) electrons. The molecule has 0 saturated carbocycles. The number of aliphatic carboxylic acids is 1. The highest BCUT2D eigenvalue weighted by Crippen LogP contribution is 2.12. The van der Waals surface area contributed by atoms with Crippen LogP contribution < -0.4 is 5.11 Å². The zero-order valence-electron chi connectivity index (χ0n) is 36.7. The summed E-state index contributed by atoms with van der Waals surface area (Å²) in [4.78, 5) is 36.9. The first-order chi connectivity index (χ1) is 27.6. The predicted molar refractivity (Wildman–Crippen MR) is 232 cm³/mol. The fraction of sp³-hybridized carbons (Fsp3) is 0.688. The summed E-state index contributed by atoms with van der Waals surface area (Å²) in [6.07, 6.45) is 45.4. The Hall–Kier alpha value is -3.27. The molecule has 0 aliphatic heterocycles. The van der Waals surface area contributed by atoms with E-state index in [9.17, 15) is 19.5 Å². The SMILES string of the molecule is CC/C=C\C/C=C\C/C=C\C/C=C\C/C=C\CC(=O)OC(COC(=O)CCCCCCCCC/C=C\CCCCCCCC)COC(OCC[N+](C)(C)C)C(=O)[O-]. The van der Waals surface area contributed by atoms with Gasteiger partial charge in [-0.3, -0.25) is 9.59 Å². The molecule has 2 atom stereocenters. The highest BCUT2D eigenvalue weighted by Gasteiger charge is 2.21. The Morgan fingerprint density at radius 3 is 1.56 bits per heavy atom. The van der Waals surface area contributed by atoms with Crippen LogP contribution in [0.1, 0.15) is 155 Å². The number of carbonyl (C=O) groups is 3. The number of likely N-dealkylation sites (N-methyl/N-ethyl adjacent to an activating group) is 1. The van der Waals surface area contributed by atoms with Crippen LogP contribution in [-0.2, 0) is 33.3 Å². The lowest BCUT2D eigenvalue weighted by Crippen LogP contribution is -2.44. The maximum Gasteiger partial charge on any atom is 0.310 e. The molecule has 0 spiro atoms.